The van der Waals surface area contributed by atoms with Crippen molar-refractivity contribution in [2.24, 2.45) is 0 Å². The summed E-state index contributed by atoms with van der Waals surface area (Å²) in [6, 6.07) is 9.52. The molecule has 1 aromatic carbocycles. The molecule has 2 heteroatoms. The Kier molecular flexibility index (Phi) is 5.83. The lowest BCUT2D eigenvalue weighted by molar-refractivity contribution is 0.0615. The smallest absolute Gasteiger partial charge is 0.0304 e. The molecule has 1 aliphatic rings. The molecule has 2 rings (SSSR count). The lowest BCUT2D eigenvalue weighted by atomic mass is 9.87. The van der Waals surface area contributed by atoms with Crippen LogP contribution in [-0.4, -0.2) is 29.6 Å². The Bertz CT molecular complexity index is 437. The van der Waals surface area contributed by atoms with E-state index >= 15 is 0 Å². The molecule has 0 spiro atoms. The van der Waals surface area contributed by atoms with Gasteiger partial charge in [0, 0.05) is 31.2 Å². The van der Waals surface area contributed by atoms with Gasteiger partial charge in [-0.05, 0) is 37.3 Å². The highest BCUT2D eigenvalue weighted by molar-refractivity contribution is 5.25. The molecule has 1 saturated heterocycles. The first-order chi connectivity index (χ1) is 10.1. The van der Waals surface area contributed by atoms with Crippen molar-refractivity contribution >= 4 is 0 Å². The summed E-state index contributed by atoms with van der Waals surface area (Å²) < 4.78 is 0. The molecule has 2 nitrogen and oxygen atoms in total. The van der Waals surface area contributed by atoms with Gasteiger partial charge in [-0.25, -0.2) is 0 Å². The van der Waals surface area contributed by atoms with E-state index in [2.05, 4.69) is 62.2 Å². The molecular weight excluding hydrogens is 256 g/mol. The van der Waals surface area contributed by atoms with E-state index in [-0.39, 0.29) is 0 Å². The quantitative estimate of drug-likeness (QED) is 0.847. The van der Waals surface area contributed by atoms with Crippen LogP contribution in [0.15, 0.2) is 24.3 Å². The first-order valence-corrected chi connectivity index (χ1v) is 8.67. The Balaban J connectivity index is 2.16. The minimum absolute atomic E-state index is 0.312. The molecule has 0 saturated carbocycles. The summed E-state index contributed by atoms with van der Waals surface area (Å²) in [5.74, 6) is 0. The van der Waals surface area contributed by atoms with E-state index < -0.39 is 0 Å². The van der Waals surface area contributed by atoms with Gasteiger partial charge in [-0.15, -0.1) is 0 Å². The van der Waals surface area contributed by atoms with Crippen molar-refractivity contribution < 1.29 is 0 Å². The molecular formula is C19H32N2. The second-order valence-corrected chi connectivity index (χ2v) is 6.64. The van der Waals surface area contributed by atoms with Crippen LogP contribution in [0.3, 0.4) is 0 Å². The van der Waals surface area contributed by atoms with Crippen molar-refractivity contribution in [3.8, 4) is 0 Å². The molecule has 1 fully saturated rings. The Morgan fingerprint density at radius 3 is 2.52 bits per heavy atom. The predicted octanol–water partition coefficient (Wildman–Crippen LogP) is 4.13. The average molecular weight is 288 g/mol. The first kappa shape index (κ1) is 16.5. The van der Waals surface area contributed by atoms with Crippen LogP contribution in [0.4, 0.5) is 0 Å². The van der Waals surface area contributed by atoms with E-state index in [9.17, 15) is 0 Å². The molecule has 0 aromatic heterocycles. The zero-order valence-electron chi connectivity index (χ0n) is 14.3. The molecule has 1 unspecified atom stereocenters. The van der Waals surface area contributed by atoms with Crippen LogP contribution in [0.2, 0.25) is 0 Å². The van der Waals surface area contributed by atoms with Crippen LogP contribution < -0.4 is 5.32 Å². The fourth-order valence-corrected chi connectivity index (χ4v) is 3.57. The van der Waals surface area contributed by atoms with Crippen LogP contribution in [0, 0.1) is 6.92 Å². The van der Waals surface area contributed by atoms with Crippen molar-refractivity contribution in [1.82, 2.24) is 10.2 Å². The van der Waals surface area contributed by atoms with Gasteiger partial charge in [0.2, 0.25) is 0 Å². The molecule has 118 valence electrons. The molecule has 21 heavy (non-hydrogen) atoms. The topological polar surface area (TPSA) is 15.3 Å². The summed E-state index contributed by atoms with van der Waals surface area (Å²) in [4.78, 5) is 2.73. The highest BCUT2D eigenvalue weighted by atomic mass is 15.3. The Morgan fingerprint density at radius 2 is 1.90 bits per heavy atom. The van der Waals surface area contributed by atoms with Gasteiger partial charge in [-0.2, -0.15) is 0 Å². The third-order valence-corrected chi connectivity index (χ3v) is 5.34. The number of aryl methyl sites for hydroxylation is 1. The summed E-state index contributed by atoms with van der Waals surface area (Å²) in [6.45, 7) is 12.6. The van der Waals surface area contributed by atoms with E-state index in [1.165, 1.54) is 43.4 Å². The van der Waals surface area contributed by atoms with Gasteiger partial charge in [0.05, 0.1) is 0 Å². The molecule has 0 aliphatic carbocycles. The average Bonchev–Trinajstić information content (AvgIpc) is 2.51. The van der Waals surface area contributed by atoms with E-state index in [4.69, 9.17) is 0 Å². The molecule has 0 radical (unpaired) electrons. The molecule has 0 bridgehead atoms. The molecule has 1 atom stereocenters. The SMILES string of the molecule is CCCC1CNC(CC)(CC)CN1Cc1ccccc1C. The van der Waals surface area contributed by atoms with Crippen LogP contribution in [0.5, 0.6) is 0 Å². The van der Waals surface area contributed by atoms with Crippen molar-refractivity contribution in [3.63, 3.8) is 0 Å². The van der Waals surface area contributed by atoms with Crippen molar-refractivity contribution in [2.45, 2.75) is 71.5 Å². The van der Waals surface area contributed by atoms with E-state index in [0.717, 1.165) is 13.1 Å². The van der Waals surface area contributed by atoms with Gasteiger partial charge in [0.15, 0.2) is 0 Å². The second-order valence-electron chi connectivity index (χ2n) is 6.64. The molecule has 1 heterocycles. The van der Waals surface area contributed by atoms with Crippen LogP contribution >= 0.6 is 0 Å². The summed E-state index contributed by atoms with van der Waals surface area (Å²) in [5.41, 5.74) is 3.22. The highest BCUT2D eigenvalue weighted by Gasteiger charge is 2.36. The maximum Gasteiger partial charge on any atom is 0.0304 e. The summed E-state index contributed by atoms with van der Waals surface area (Å²) in [7, 11) is 0. The van der Waals surface area contributed by atoms with Crippen LogP contribution in [0.25, 0.3) is 0 Å². The van der Waals surface area contributed by atoms with Gasteiger partial charge >= 0.3 is 0 Å². The second kappa shape index (κ2) is 7.42. The summed E-state index contributed by atoms with van der Waals surface area (Å²) in [5, 5.41) is 3.86. The lowest BCUT2D eigenvalue weighted by Gasteiger charge is -2.48. The Labute approximate surface area is 130 Å². The monoisotopic (exact) mass is 288 g/mol. The number of piperazine rings is 1. The first-order valence-electron chi connectivity index (χ1n) is 8.67. The van der Waals surface area contributed by atoms with Crippen molar-refractivity contribution in [3.05, 3.63) is 35.4 Å². The lowest BCUT2D eigenvalue weighted by Crippen LogP contribution is -2.63. The number of benzene rings is 1. The minimum Gasteiger partial charge on any atom is -0.308 e. The van der Waals surface area contributed by atoms with Gasteiger partial charge in [0.1, 0.15) is 0 Å². The largest absolute Gasteiger partial charge is 0.308 e. The van der Waals surface area contributed by atoms with E-state index in [1.807, 2.05) is 0 Å². The standard InChI is InChI=1S/C19H32N2/c1-5-10-18-13-20-19(6-2,7-3)15-21(18)14-17-12-9-8-11-16(17)4/h8-9,11-12,18,20H,5-7,10,13-15H2,1-4H3. The van der Waals surface area contributed by atoms with Crippen LogP contribution in [0.1, 0.15) is 57.6 Å². The van der Waals surface area contributed by atoms with Crippen LogP contribution in [-0.2, 0) is 6.54 Å². The van der Waals surface area contributed by atoms with E-state index in [0.29, 0.717) is 11.6 Å². The predicted molar refractivity (Wildman–Crippen MR) is 91.6 cm³/mol. The van der Waals surface area contributed by atoms with Gasteiger partial charge in [0.25, 0.3) is 0 Å². The van der Waals surface area contributed by atoms with Gasteiger partial charge < -0.3 is 5.32 Å². The molecule has 1 aliphatic heterocycles. The summed E-state index contributed by atoms with van der Waals surface area (Å²) >= 11 is 0. The van der Waals surface area contributed by atoms with E-state index in [1.54, 1.807) is 0 Å². The fourth-order valence-electron chi connectivity index (χ4n) is 3.57. The maximum absolute atomic E-state index is 3.86. The van der Waals surface area contributed by atoms with Crippen molar-refractivity contribution in [2.75, 3.05) is 13.1 Å². The fraction of sp³-hybridized carbons (Fsp3) is 0.684. The zero-order chi connectivity index (χ0) is 15.3. The van der Waals surface area contributed by atoms with Gasteiger partial charge in [-0.3, -0.25) is 4.90 Å². The third kappa shape index (κ3) is 3.87. The maximum atomic E-state index is 3.86. The summed E-state index contributed by atoms with van der Waals surface area (Å²) in [6.07, 6.45) is 4.99. The normalized spacial score (nSPS) is 22.4. The van der Waals surface area contributed by atoms with Crippen molar-refractivity contribution in [1.29, 1.82) is 0 Å². The molecule has 1 N–H and O–H groups in total. The molecule has 0 amide bonds. The minimum atomic E-state index is 0.312. The Hall–Kier alpha value is -0.860. The zero-order valence-corrected chi connectivity index (χ0v) is 14.3. The Morgan fingerprint density at radius 1 is 1.19 bits per heavy atom. The number of hydrogen-bond acceptors (Lipinski definition) is 2. The third-order valence-electron chi connectivity index (χ3n) is 5.34. The number of nitrogens with one attached hydrogen (secondary N) is 1. The van der Waals surface area contributed by atoms with Gasteiger partial charge in [-0.1, -0.05) is 51.5 Å². The number of hydrogen-bond donors (Lipinski definition) is 1. The molecule has 1 aromatic rings. The highest BCUT2D eigenvalue weighted by Crippen LogP contribution is 2.26. The number of rotatable bonds is 6. The number of nitrogens with zero attached hydrogens (tertiary/aromatic N) is 1.